The highest BCUT2D eigenvalue weighted by Gasteiger charge is 2.49. The Morgan fingerprint density at radius 3 is 2.82 bits per heavy atom. The Morgan fingerprint density at radius 2 is 1.91 bits per heavy atom. The highest BCUT2D eigenvalue weighted by Crippen LogP contribution is 2.55. The molecule has 1 nitrogen and oxygen atoms in total. The predicted molar refractivity (Wildman–Crippen MR) is 45.1 cm³/mol. The molecule has 0 aromatic heterocycles. The first-order valence-electron chi connectivity index (χ1n) is 5.04. The monoisotopic (exact) mass is 151 g/mol. The fourth-order valence-electron chi connectivity index (χ4n) is 3.97. The molecule has 3 aliphatic rings. The molecule has 3 bridgehead atoms. The molecule has 3 aliphatic carbocycles. The molecule has 4 unspecified atom stereocenters. The van der Waals surface area contributed by atoms with Gasteiger partial charge in [0, 0.05) is 5.54 Å². The Balaban J connectivity index is 1.97. The van der Waals surface area contributed by atoms with Crippen molar-refractivity contribution in [1.29, 1.82) is 0 Å². The van der Waals surface area contributed by atoms with Crippen molar-refractivity contribution in [2.75, 3.05) is 0 Å². The van der Waals surface area contributed by atoms with Gasteiger partial charge >= 0.3 is 0 Å². The van der Waals surface area contributed by atoms with Gasteiger partial charge in [0.1, 0.15) is 0 Å². The summed E-state index contributed by atoms with van der Waals surface area (Å²) in [6.45, 7) is 0. The van der Waals surface area contributed by atoms with E-state index >= 15 is 0 Å². The van der Waals surface area contributed by atoms with Crippen LogP contribution in [0.2, 0.25) is 0 Å². The van der Waals surface area contributed by atoms with Crippen molar-refractivity contribution >= 4 is 0 Å². The second kappa shape index (κ2) is 1.82. The molecule has 0 aliphatic heterocycles. The van der Waals surface area contributed by atoms with E-state index in [0.29, 0.717) is 5.54 Å². The minimum atomic E-state index is 0.292. The third kappa shape index (κ3) is 0.807. The van der Waals surface area contributed by atoms with Crippen LogP contribution in [0.25, 0.3) is 0 Å². The molecule has 2 N–H and O–H groups in total. The molecule has 0 aromatic carbocycles. The lowest BCUT2D eigenvalue weighted by atomic mass is 9.68. The summed E-state index contributed by atoms with van der Waals surface area (Å²) in [5, 5.41) is 0. The molecular weight excluding hydrogens is 134 g/mol. The second-order valence-corrected chi connectivity index (χ2v) is 5.17. The lowest BCUT2D eigenvalue weighted by Gasteiger charge is -2.42. The third-order valence-electron chi connectivity index (χ3n) is 4.32. The van der Waals surface area contributed by atoms with Gasteiger partial charge in [0.25, 0.3) is 0 Å². The Morgan fingerprint density at radius 1 is 1.09 bits per heavy atom. The minimum absolute atomic E-state index is 0.292. The average molecular weight is 151 g/mol. The topological polar surface area (TPSA) is 26.0 Å². The second-order valence-electron chi connectivity index (χ2n) is 5.17. The van der Waals surface area contributed by atoms with Crippen molar-refractivity contribution in [3.63, 3.8) is 0 Å². The smallest absolute Gasteiger partial charge is 0.0159 e. The summed E-state index contributed by atoms with van der Waals surface area (Å²) >= 11 is 0. The molecule has 3 fully saturated rings. The first kappa shape index (κ1) is 6.47. The Hall–Kier alpha value is -0.0400. The van der Waals surface area contributed by atoms with Crippen LogP contribution in [0.4, 0.5) is 0 Å². The van der Waals surface area contributed by atoms with Gasteiger partial charge in [-0.25, -0.2) is 0 Å². The molecule has 0 spiro atoms. The fraction of sp³-hybridized carbons (Fsp3) is 1.00. The van der Waals surface area contributed by atoms with Crippen LogP contribution in [0, 0.1) is 17.8 Å². The number of hydrogen-bond donors (Lipinski definition) is 1. The van der Waals surface area contributed by atoms with Gasteiger partial charge in [0.15, 0.2) is 0 Å². The van der Waals surface area contributed by atoms with Gasteiger partial charge in [-0.15, -0.1) is 0 Å². The number of rotatable bonds is 0. The highest BCUT2D eigenvalue weighted by atomic mass is 14.8. The fourth-order valence-corrected chi connectivity index (χ4v) is 3.97. The first-order valence-corrected chi connectivity index (χ1v) is 5.04. The summed E-state index contributed by atoms with van der Waals surface area (Å²) in [5.41, 5.74) is 6.61. The van der Waals surface area contributed by atoms with Gasteiger partial charge in [-0.05, 0) is 56.3 Å². The van der Waals surface area contributed by atoms with E-state index in [0.717, 1.165) is 17.8 Å². The summed E-state index contributed by atoms with van der Waals surface area (Å²) in [7, 11) is 0. The van der Waals surface area contributed by atoms with E-state index in [1.165, 1.54) is 38.5 Å². The number of hydrogen-bond acceptors (Lipinski definition) is 1. The van der Waals surface area contributed by atoms with E-state index in [1.54, 1.807) is 0 Å². The zero-order valence-electron chi connectivity index (χ0n) is 7.05. The standard InChI is InChI=1S/C10H17N/c11-10-2-1-8-3-7(5-10)4-9(8)6-10/h7-9H,1-6,11H2. The lowest BCUT2D eigenvalue weighted by Crippen LogP contribution is -2.47. The summed E-state index contributed by atoms with van der Waals surface area (Å²) in [6, 6.07) is 0. The van der Waals surface area contributed by atoms with E-state index in [-0.39, 0.29) is 0 Å². The molecular formula is C10H17N. The van der Waals surface area contributed by atoms with Crippen molar-refractivity contribution in [3.8, 4) is 0 Å². The maximum atomic E-state index is 6.32. The van der Waals surface area contributed by atoms with Gasteiger partial charge in [-0.2, -0.15) is 0 Å². The Bertz CT molecular complexity index is 185. The summed E-state index contributed by atoms with van der Waals surface area (Å²) < 4.78 is 0. The molecule has 0 amide bonds. The van der Waals surface area contributed by atoms with Gasteiger partial charge in [0.05, 0.1) is 0 Å². The van der Waals surface area contributed by atoms with E-state index in [4.69, 9.17) is 5.73 Å². The van der Waals surface area contributed by atoms with Crippen LogP contribution >= 0.6 is 0 Å². The van der Waals surface area contributed by atoms with Crippen LogP contribution in [0.3, 0.4) is 0 Å². The SMILES string of the molecule is NC12CCC3CC(CC3C1)C2. The van der Waals surface area contributed by atoms with Crippen molar-refractivity contribution < 1.29 is 0 Å². The molecule has 62 valence electrons. The van der Waals surface area contributed by atoms with Crippen molar-refractivity contribution in [3.05, 3.63) is 0 Å². The number of nitrogens with two attached hydrogens (primary N) is 1. The summed E-state index contributed by atoms with van der Waals surface area (Å²) in [5.74, 6) is 3.14. The van der Waals surface area contributed by atoms with E-state index < -0.39 is 0 Å². The average Bonchev–Trinajstić information content (AvgIpc) is 2.15. The van der Waals surface area contributed by atoms with Crippen molar-refractivity contribution in [1.82, 2.24) is 0 Å². The van der Waals surface area contributed by atoms with Crippen LogP contribution in [-0.4, -0.2) is 5.54 Å². The lowest BCUT2D eigenvalue weighted by molar-refractivity contribution is 0.144. The number of fused-ring (bicyclic) bond motifs is 2. The van der Waals surface area contributed by atoms with E-state index in [2.05, 4.69) is 0 Å². The van der Waals surface area contributed by atoms with E-state index in [9.17, 15) is 0 Å². The van der Waals surface area contributed by atoms with Crippen LogP contribution in [0.5, 0.6) is 0 Å². The van der Waals surface area contributed by atoms with Crippen LogP contribution in [0.1, 0.15) is 38.5 Å². The molecule has 0 saturated heterocycles. The van der Waals surface area contributed by atoms with Gasteiger partial charge in [-0.1, -0.05) is 0 Å². The van der Waals surface area contributed by atoms with Crippen molar-refractivity contribution in [2.24, 2.45) is 23.5 Å². The van der Waals surface area contributed by atoms with Crippen LogP contribution < -0.4 is 5.73 Å². The van der Waals surface area contributed by atoms with Crippen molar-refractivity contribution in [2.45, 2.75) is 44.1 Å². The molecule has 3 saturated carbocycles. The molecule has 0 aromatic rings. The predicted octanol–water partition coefficient (Wildman–Crippen LogP) is 1.91. The Labute approximate surface area is 68.3 Å². The normalized spacial score (nSPS) is 60.3. The molecule has 1 heteroatoms. The van der Waals surface area contributed by atoms with Crippen LogP contribution in [-0.2, 0) is 0 Å². The zero-order chi connectivity index (χ0) is 7.47. The first-order chi connectivity index (χ1) is 5.25. The minimum Gasteiger partial charge on any atom is -0.325 e. The molecule has 0 heterocycles. The largest absolute Gasteiger partial charge is 0.325 e. The maximum absolute atomic E-state index is 6.32. The summed E-state index contributed by atoms with van der Waals surface area (Å²) in [4.78, 5) is 0. The maximum Gasteiger partial charge on any atom is 0.0159 e. The van der Waals surface area contributed by atoms with Crippen LogP contribution in [0.15, 0.2) is 0 Å². The zero-order valence-corrected chi connectivity index (χ0v) is 7.05. The molecule has 3 rings (SSSR count). The van der Waals surface area contributed by atoms with Gasteiger partial charge in [0.2, 0.25) is 0 Å². The third-order valence-corrected chi connectivity index (χ3v) is 4.32. The quantitative estimate of drug-likeness (QED) is 0.562. The molecule has 0 radical (unpaired) electrons. The summed E-state index contributed by atoms with van der Waals surface area (Å²) in [6.07, 6.45) is 8.50. The van der Waals surface area contributed by atoms with Gasteiger partial charge < -0.3 is 5.73 Å². The molecule has 4 atom stereocenters. The Kier molecular flexibility index (Phi) is 1.07. The molecule has 11 heavy (non-hydrogen) atoms. The van der Waals surface area contributed by atoms with Gasteiger partial charge in [-0.3, -0.25) is 0 Å². The highest BCUT2D eigenvalue weighted by molar-refractivity contribution is 5.04. The van der Waals surface area contributed by atoms with E-state index in [1.807, 2.05) is 0 Å².